The minimum atomic E-state index is -4.16. The van der Waals surface area contributed by atoms with E-state index in [1.807, 2.05) is 86.6 Å². The molecule has 0 spiro atoms. The van der Waals surface area contributed by atoms with Gasteiger partial charge in [-0.3, -0.25) is 14.6 Å². The van der Waals surface area contributed by atoms with Gasteiger partial charge in [-0.2, -0.15) is 8.78 Å². The smallest absolute Gasteiger partial charge is 0.399 e. The molecular weight excluding hydrogens is 1160 g/mol. The molecule has 2 aromatic heterocycles. The summed E-state index contributed by atoms with van der Waals surface area (Å²) in [7, 11) is 3.13. The number of tetrazole rings is 1. The Bertz CT molecular complexity index is 3480. The van der Waals surface area contributed by atoms with Crippen molar-refractivity contribution in [3.63, 3.8) is 0 Å². The molecule has 0 saturated carbocycles. The van der Waals surface area contributed by atoms with Crippen LogP contribution < -0.4 is 25.1 Å². The van der Waals surface area contributed by atoms with Crippen LogP contribution in [-0.2, 0) is 27.4 Å². The number of piperazine rings is 2. The summed E-state index contributed by atoms with van der Waals surface area (Å²) in [6.45, 7) is 21.4. The number of aromatic nitrogens is 5. The lowest BCUT2D eigenvalue weighted by atomic mass is 9.79. The minimum absolute atomic E-state index is 0.0619. The van der Waals surface area contributed by atoms with E-state index in [2.05, 4.69) is 92.1 Å². The quantitative estimate of drug-likeness (QED) is 0.0514. The van der Waals surface area contributed by atoms with E-state index in [9.17, 15) is 33.7 Å². The van der Waals surface area contributed by atoms with Crippen molar-refractivity contribution in [1.29, 1.82) is 0 Å². The number of pyridine rings is 1. The number of alkyl halides is 2. The van der Waals surface area contributed by atoms with Gasteiger partial charge in [0.2, 0.25) is 0 Å². The molecule has 3 aliphatic heterocycles. The number of hydrogen-bond acceptors (Lipinski definition) is 15. The number of hydrogen-bond donors (Lipinski definition) is 3. The van der Waals surface area contributed by atoms with Gasteiger partial charge in [0, 0.05) is 124 Å². The third-order valence-corrected chi connectivity index (χ3v) is 18.2. The topological polar surface area (TPSA) is 189 Å². The van der Waals surface area contributed by atoms with Crippen LogP contribution in [0.3, 0.4) is 0 Å². The van der Waals surface area contributed by atoms with Crippen LogP contribution in [0.4, 0.5) is 40.3 Å². The second-order valence-electron chi connectivity index (χ2n) is 24.5. The zero-order valence-electron chi connectivity index (χ0n) is 52.8. The largest absolute Gasteiger partial charge is 0.494 e. The number of amides is 2. The number of anilines is 4. The average molecular weight is 1240 g/mol. The summed E-state index contributed by atoms with van der Waals surface area (Å²) in [4.78, 5) is 42.3. The Morgan fingerprint density at radius 3 is 1.40 bits per heavy atom. The lowest BCUT2D eigenvalue weighted by Gasteiger charge is -2.37. The maximum Gasteiger partial charge on any atom is 0.494 e. The third kappa shape index (κ3) is 14.3. The molecule has 18 nitrogen and oxygen atoms in total. The molecule has 5 atom stereocenters. The average Bonchev–Trinajstić information content (AvgIpc) is 0.950. The first-order chi connectivity index (χ1) is 42.7. The molecule has 3 aliphatic rings. The Labute approximate surface area is 524 Å². The SMILES string of the molecule is CC[C@@H]([C@H](C)O)N(C)C(=O)c1ccc(N2CCN(c3ccc(-c4ccc(C(F)(F)[C@](O)(Cn5cnnn5)c5ccc(F)cc5F)nc4)cc3)CC2)cc1.CC[C@@H]([C@H](C)O)N(C)C(=O)c1ccc(N2CCN(c3ccc(B4OC(C)(C)C(C)(C)O4)cc3)CC2)cc1. The lowest BCUT2D eigenvalue weighted by Crippen LogP contribution is -2.48. The molecule has 5 aromatic carbocycles. The van der Waals surface area contributed by atoms with E-state index in [-0.39, 0.29) is 42.2 Å². The molecule has 90 heavy (non-hydrogen) atoms. The van der Waals surface area contributed by atoms with Crippen molar-refractivity contribution in [2.45, 2.75) is 122 Å². The molecule has 0 radical (unpaired) electrons. The van der Waals surface area contributed by atoms with E-state index in [1.165, 1.54) is 18.0 Å². The number of aliphatic hydroxyl groups excluding tert-OH is 2. The number of aliphatic hydroxyl groups is 3. The van der Waals surface area contributed by atoms with E-state index < -0.39 is 53.2 Å². The Morgan fingerprint density at radius 1 is 0.622 bits per heavy atom. The first-order valence-electron chi connectivity index (χ1n) is 30.6. The zero-order chi connectivity index (χ0) is 64.9. The third-order valence-electron chi connectivity index (χ3n) is 18.2. The monoisotopic (exact) mass is 1240 g/mol. The van der Waals surface area contributed by atoms with Gasteiger partial charge in [0.05, 0.1) is 42.0 Å². The van der Waals surface area contributed by atoms with Crippen LogP contribution >= 0.6 is 0 Å². The van der Waals surface area contributed by atoms with Crippen molar-refractivity contribution in [1.82, 2.24) is 35.0 Å². The Kier molecular flexibility index (Phi) is 20.4. The van der Waals surface area contributed by atoms with Gasteiger partial charge in [0.1, 0.15) is 23.7 Å². The highest BCUT2D eigenvalue weighted by atomic mass is 19.3. The number of nitrogens with zero attached hydrogens (tertiary/aromatic N) is 11. The molecule has 2 amide bonds. The van der Waals surface area contributed by atoms with Crippen molar-refractivity contribution in [2.24, 2.45) is 0 Å². The second kappa shape index (κ2) is 27.6. The molecule has 3 fully saturated rings. The fraction of sp³-hybridized carbons (Fsp3) is 0.433. The number of carbonyl (C=O) groups excluding carboxylic acids is 2. The molecule has 0 unspecified atom stereocenters. The van der Waals surface area contributed by atoms with Crippen LogP contribution in [0.15, 0.2) is 140 Å². The summed E-state index contributed by atoms with van der Waals surface area (Å²) in [6.07, 6.45) is 2.43. The van der Waals surface area contributed by atoms with Gasteiger partial charge < -0.3 is 54.0 Å². The van der Waals surface area contributed by atoms with Gasteiger partial charge in [-0.05, 0) is 167 Å². The van der Waals surface area contributed by atoms with Crippen LogP contribution in [0, 0.1) is 11.6 Å². The summed E-state index contributed by atoms with van der Waals surface area (Å²) in [6, 6.07) is 35.5. The lowest BCUT2D eigenvalue weighted by molar-refractivity contribution is -0.207. The molecule has 478 valence electrons. The number of rotatable bonds is 19. The molecular formula is C67H82BF4N11O7. The molecule has 5 heterocycles. The highest BCUT2D eigenvalue weighted by molar-refractivity contribution is 6.62. The highest BCUT2D eigenvalue weighted by Crippen LogP contribution is 2.47. The van der Waals surface area contributed by atoms with Gasteiger partial charge in [-0.25, -0.2) is 13.5 Å². The molecule has 23 heteroatoms. The summed E-state index contributed by atoms with van der Waals surface area (Å²) >= 11 is 0. The summed E-state index contributed by atoms with van der Waals surface area (Å²) < 4.78 is 74.0. The predicted molar refractivity (Wildman–Crippen MR) is 341 cm³/mol. The first kappa shape index (κ1) is 66.5. The fourth-order valence-corrected chi connectivity index (χ4v) is 12.0. The maximum absolute atomic E-state index is 16.1. The van der Waals surface area contributed by atoms with Crippen molar-refractivity contribution in [3.8, 4) is 11.1 Å². The van der Waals surface area contributed by atoms with E-state index >= 15 is 8.78 Å². The van der Waals surface area contributed by atoms with Gasteiger partial charge in [-0.15, -0.1) is 5.10 Å². The number of halogens is 4. The second-order valence-corrected chi connectivity index (χ2v) is 24.5. The van der Waals surface area contributed by atoms with Crippen LogP contribution in [0.1, 0.15) is 100 Å². The van der Waals surface area contributed by atoms with Crippen molar-refractivity contribution in [3.05, 3.63) is 174 Å². The molecule has 3 N–H and O–H groups in total. The fourth-order valence-electron chi connectivity index (χ4n) is 12.0. The molecule has 10 rings (SSSR count). The van der Waals surface area contributed by atoms with Crippen LogP contribution in [0.2, 0.25) is 0 Å². The van der Waals surface area contributed by atoms with Crippen molar-refractivity contribution in [2.75, 3.05) is 86.1 Å². The van der Waals surface area contributed by atoms with Crippen LogP contribution in [0.5, 0.6) is 0 Å². The van der Waals surface area contributed by atoms with E-state index in [0.29, 0.717) is 35.6 Å². The van der Waals surface area contributed by atoms with E-state index in [4.69, 9.17) is 9.31 Å². The number of likely N-dealkylation sites (N-methyl/N-ethyl adjacent to an activating group) is 2. The first-order valence-corrected chi connectivity index (χ1v) is 30.6. The summed E-state index contributed by atoms with van der Waals surface area (Å²) in [5.41, 5.74) is 2.27. The minimum Gasteiger partial charge on any atom is -0.399 e. The molecule has 3 saturated heterocycles. The van der Waals surface area contributed by atoms with Gasteiger partial charge >= 0.3 is 13.0 Å². The Morgan fingerprint density at radius 2 is 1.03 bits per heavy atom. The highest BCUT2D eigenvalue weighted by Gasteiger charge is 2.58. The van der Waals surface area contributed by atoms with E-state index in [1.54, 1.807) is 37.7 Å². The Balaban J connectivity index is 0.000000228. The van der Waals surface area contributed by atoms with Crippen LogP contribution in [0.25, 0.3) is 11.1 Å². The van der Waals surface area contributed by atoms with Gasteiger partial charge in [0.25, 0.3) is 11.8 Å². The Hall–Kier alpha value is -7.96. The van der Waals surface area contributed by atoms with Gasteiger partial charge in [-0.1, -0.05) is 44.2 Å². The summed E-state index contributed by atoms with van der Waals surface area (Å²) in [5.74, 6) is -6.70. The maximum atomic E-state index is 16.1. The standard InChI is InChI=1S/C38H40F4N8O3.C29H42BN3O4/c1-4-34(25(2)51)47(3)36(52)27-7-13-31(14-8-27)49-19-17-48(18-20-49)30-11-5-26(6-12-30)28-9-16-35(43-22-28)38(41,42)37(53,23-50-24-44-45-46-50)32-15-10-29(39)21-33(32)40;1-8-26(21(2)34)31(7)27(35)22-9-13-24(14-10-22)32-17-19-33(20-18-32)25-15-11-23(12-16-25)30-36-28(3,4)29(5,6)37-30/h5-16,21-22,24-25,34,51,53H,4,17-20,23H2,1-3H3;9-16,21,26,34H,8,17-20H2,1-7H3/t25-,34-,37-;21-,26-/m00/s1. The number of benzene rings is 5. The van der Waals surface area contributed by atoms with Gasteiger partial charge in [0.15, 0.2) is 5.60 Å². The molecule has 0 aliphatic carbocycles. The van der Waals surface area contributed by atoms with Crippen molar-refractivity contribution >= 4 is 47.1 Å². The summed E-state index contributed by atoms with van der Waals surface area (Å²) in [5, 5.41) is 41.8. The normalized spacial score (nSPS) is 17.8. The van der Waals surface area contributed by atoms with Crippen LogP contribution in [-0.4, -0.2) is 171 Å². The zero-order valence-corrected chi connectivity index (χ0v) is 52.8. The predicted octanol–water partition coefficient (Wildman–Crippen LogP) is 8.79. The molecule has 0 bridgehead atoms. The van der Waals surface area contributed by atoms with E-state index in [0.717, 1.165) is 110 Å². The number of carbonyl (C=O) groups is 2. The van der Waals surface area contributed by atoms with Crippen molar-refractivity contribution < 1.29 is 51.8 Å². The molecule has 7 aromatic rings.